The molecule has 0 atom stereocenters. The summed E-state index contributed by atoms with van der Waals surface area (Å²) in [4.78, 5) is 17.3. The van der Waals surface area contributed by atoms with Gasteiger partial charge in [0.15, 0.2) is 0 Å². The number of fused-ring (bicyclic) bond motifs is 1. The van der Waals surface area contributed by atoms with E-state index in [-0.39, 0.29) is 6.03 Å². The van der Waals surface area contributed by atoms with Crippen LogP contribution in [0.2, 0.25) is 0 Å². The molecule has 3 heterocycles. The predicted molar refractivity (Wildman–Crippen MR) is 109 cm³/mol. The minimum absolute atomic E-state index is 0.0422. The molecule has 7 nitrogen and oxygen atoms in total. The molecule has 1 aromatic heterocycles. The van der Waals surface area contributed by atoms with Gasteiger partial charge in [-0.1, -0.05) is 36.8 Å². The van der Waals surface area contributed by atoms with Crippen LogP contribution < -0.4 is 5.32 Å². The molecule has 0 unspecified atom stereocenters. The molecule has 2 amide bonds. The Morgan fingerprint density at radius 2 is 1.89 bits per heavy atom. The standard InChI is InChI=1S/C21H30N6O/c1-2-17-9-4-5-10-18(17)22-21(28)26-13-8-14-27-20(16-26)19(23-24-27)15-25-11-6-3-7-12-25/h4-5,9-10H,2-3,6-8,11-16H2,1H3,(H,22,28). The topological polar surface area (TPSA) is 66.3 Å². The van der Waals surface area contributed by atoms with E-state index in [1.165, 1.54) is 19.3 Å². The highest BCUT2D eigenvalue weighted by atomic mass is 16.2. The molecule has 1 saturated heterocycles. The molecule has 0 saturated carbocycles. The number of piperidine rings is 1. The number of aryl methyl sites for hydroxylation is 2. The Morgan fingerprint density at radius 1 is 1.07 bits per heavy atom. The molecule has 7 heteroatoms. The second-order valence-corrected chi connectivity index (χ2v) is 7.76. The number of nitrogens with zero attached hydrogens (tertiary/aromatic N) is 5. The van der Waals surface area contributed by atoms with Crippen LogP contribution in [0.4, 0.5) is 10.5 Å². The van der Waals surface area contributed by atoms with Crippen molar-refractivity contribution >= 4 is 11.7 Å². The van der Waals surface area contributed by atoms with Crippen molar-refractivity contribution in [1.29, 1.82) is 0 Å². The normalized spacial score (nSPS) is 17.8. The summed E-state index contributed by atoms with van der Waals surface area (Å²) in [6.45, 7) is 7.31. The summed E-state index contributed by atoms with van der Waals surface area (Å²) in [7, 11) is 0. The number of hydrogen-bond acceptors (Lipinski definition) is 4. The zero-order valence-electron chi connectivity index (χ0n) is 16.7. The number of carbonyl (C=O) groups excluding carboxylic acids is 1. The lowest BCUT2D eigenvalue weighted by atomic mass is 10.1. The first kappa shape index (κ1) is 18.9. The molecular formula is C21H30N6O. The molecule has 0 radical (unpaired) electrons. The van der Waals surface area contributed by atoms with Gasteiger partial charge in [0, 0.05) is 25.3 Å². The van der Waals surface area contributed by atoms with Crippen LogP contribution in [-0.2, 0) is 26.1 Å². The third-order valence-corrected chi connectivity index (χ3v) is 5.81. The number of benzene rings is 1. The van der Waals surface area contributed by atoms with Gasteiger partial charge in [-0.2, -0.15) is 0 Å². The number of urea groups is 1. The molecule has 0 bridgehead atoms. The van der Waals surface area contributed by atoms with E-state index in [0.29, 0.717) is 6.54 Å². The highest BCUT2D eigenvalue weighted by Crippen LogP contribution is 2.21. The maximum absolute atomic E-state index is 13.0. The number of aromatic nitrogens is 3. The molecule has 28 heavy (non-hydrogen) atoms. The Balaban J connectivity index is 1.47. The molecular weight excluding hydrogens is 352 g/mol. The number of rotatable bonds is 4. The SMILES string of the molecule is CCc1ccccc1NC(=O)N1CCCn2nnc(CN3CCCCC3)c2C1. The first-order valence-electron chi connectivity index (χ1n) is 10.5. The molecule has 1 fully saturated rings. The minimum atomic E-state index is -0.0422. The zero-order valence-corrected chi connectivity index (χ0v) is 16.7. The van der Waals surface area contributed by atoms with E-state index in [1.54, 1.807) is 0 Å². The highest BCUT2D eigenvalue weighted by molar-refractivity contribution is 5.90. The summed E-state index contributed by atoms with van der Waals surface area (Å²) < 4.78 is 1.99. The molecule has 2 aromatic rings. The number of para-hydroxylation sites is 1. The molecule has 2 aliphatic rings. The first-order chi connectivity index (χ1) is 13.7. The van der Waals surface area contributed by atoms with Crippen LogP contribution in [0, 0.1) is 0 Å². The molecule has 2 aliphatic heterocycles. The van der Waals surface area contributed by atoms with Crippen molar-refractivity contribution in [3.05, 3.63) is 41.2 Å². The van der Waals surface area contributed by atoms with Gasteiger partial charge in [-0.05, 0) is 50.4 Å². The molecule has 1 aromatic carbocycles. The lowest BCUT2D eigenvalue weighted by Gasteiger charge is -2.26. The van der Waals surface area contributed by atoms with Crippen LogP contribution in [0.1, 0.15) is 49.6 Å². The second-order valence-electron chi connectivity index (χ2n) is 7.76. The lowest BCUT2D eigenvalue weighted by Crippen LogP contribution is -2.35. The number of likely N-dealkylation sites (tertiary alicyclic amines) is 1. The average Bonchev–Trinajstić information content (AvgIpc) is 2.96. The monoisotopic (exact) mass is 382 g/mol. The van der Waals surface area contributed by atoms with Crippen molar-refractivity contribution in [1.82, 2.24) is 24.8 Å². The molecule has 150 valence electrons. The van der Waals surface area contributed by atoms with Gasteiger partial charge in [0.1, 0.15) is 5.69 Å². The Kier molecular flexibility index (Phi) is 5.90. The van der Waals surface area contributed by atoms with Crippen LogP contribution in [-0.4, -0.2) is 50.5 Å². The number of hydrogen-bond donors (Lipinski definition) is 1. The number of nitrogens with one attached hydrogen (secondary N) is 1. The quantitative estimate of drug-likeness (QED) is 0.881. The van der Waals surface area contributed by atoms with E-state index in [4.69, 9.17) is 0 Å². The van der Waals surface area contributed by atoms with Crippen LogP contribution in [0.5, 0.6) is 0 Å². The van der Waals surface area contributed by atoms with Gasteiger partial charge in [0.05, 0.1) is 12.2 Å². The summed E-state index contributed by atoms with van der Waals surface area (Å²) in [5.41, 5.74) is 4.17. The van der Waals surface area contributed by atoms with Crippen molar-refractivity contribution in [3.8, 4) is 0 Å². The van der Waals surface area contributed by atoms with E-state index < -0.39 is 0 Å². The number of amides is 2. The molecule has 0 spiro atoms. The van der Waals surface area contributed by atoms with Crippen molar-refractivity contribution < 1.29 is 4.79 Å². The van der Waals surface area contributed by atoms with E-state index in [0.717, 1.165) is 68.2 Å². The Morgan fingerprint density at radius 3 is 2.71 bits per heavy atom. The van der Waals surface area contributed by atoms with Gasteiger partial charge in [-0.15, -0.1) is 5.10 Å². The van der Waals surface area contributed by atoms with Gasteiger partial charge in [0.25, 0.3) is 0 Å². The van der Waals surface area contributed by atoms with E-state index in [1.807, 2.05) is 27.8 Å². The smallest absolute Gasteiger partial charge is 0.319 e. The van der Waals surface area contributed by atoms with Crippen LogP contribution in [0.25, 0.3) is 0 Å². The maximum atomic E-state index is 13.0. The van der Waals surface area contributed by atoms with Gasteiger partial charge in [-0.3, -0.25) is 4.90 Å². The van der Waals surface area contributed by atoms with Crippen LogP contribution >= 0.6 is 0 Å². The fourth-order valence-electron chi connectivity index (χ4n) is 4.16. The largest absolute Gasteiger partial charge is 0.322 e. The minimum Gasteiger partial charge on any atom is -0.319 e. The third kappa shape index (κ3) is 4.19. The fraction of sp³-hybridized carbons (Fsp3) is 0.571. The van der Waals surface area contributed by atoms with Crippen LogP contribution in [0.15, 0.2) is 24.3 Å². The Labute approximate surface area is 166 Å². The Hall–Kier alpha value is -2.41. The summed E-state index contributed by atoms with van der Waals surface area (Å²) >= 11 is 0. The predicted octanol–water partition coefficient (Wildman–Crippen LogP) is 3.26. The summed E-state index contributed by atoms with van der Waals surface area (Å²) in [5.74, 6) is 0. The molecule has 0 aliphatic carbocycles. The van der Waals surface area contributed by atoms with Gasteiger partial charge >= 0.3 is 6.03 Å². The van der Waals surface area contributed by atoms with E-state index in [9.17, 15) is 4.79 Å². The zero-order chi connectivity index (χ0) is 19.3. The van der Waals surface area contributed by atoms with Crippen molar-refractivity contribution in [3.63, 3.8) is 0 Å². The van der Waals surface area contributed by atoms with E-state index >= 15 is 0 Å². The highest BCUT2D eigenvalue weighted by Gasteiger charge is 2.25. The van der Waals surface area contributed by atoms with Crippen LogP contribution in [0.3, 0.4) is 0 Å². The lowest BCUT2D eigenvalue weighted by molar-refractivity contribution is 0.207. The second kappa shape index (κ2) is 8.73. The number of carbonyl (C=O) groups is 1. The first-order valence-corrected chi connectivity index (χ1v) is 10.5. The van der Waals surface area contributed by atoms with E-state index in [2.05, 4.69) is 33.5 Å². The van der Waals surface area contributed by atoms with Gasteiger partial charge in [0.2, 0.25) is 0 Å². The summed E-state index contributed by atoms with van der Waals surface area (Å²) in [6, 6.07) is 7.97. The molecule has 1 N–H and O–H groups in total. The Bertz CT molecular complexity index is 811. The maximum Gasteiger partial charge on any atom is 0.322 e. The fourth-order valence-corrected chi connectivity index (χ4v) is 4.16. The van der Waals surface area contributed by atoms with Crippen molar-refractivity contribution in [2.75, 3.05) is 25.0 Å². The molecule has 4 rings (SSSR count). The van der Waals surface area contributed by atoms with Crippen molar-refractivity contribution in [2.24, 2.45) is 0 Å². The van der Waals surface area contributed by atoms with Gasteiger partial charge in [-0.25, -0.2) is 9.48 Å². The summed E-state index contributed by atoms with van der Waals surface area (Å²) in [5, 5.41) is 11.9. The van der Waals surface area contributed by atoms with Gasteiger partial charge < -0.3 is 10.2 Å². The number of anilines is 1. The average molecular weight is 383 g/mol. The summed E-state index contributed by atoms with van der Waals surface area (Å²) in [6.07, 6.45) is 5.63. The third-order valence-electron chi connectivity index (χ3n) is 5.81. The van der Waals surface area contributed by atoms with Crippen molar-refractivity contribution in [2.45, 2.75) is 58.7 Å².